The van der Waals surface area contributed by atoms with Crippen molar-refractivity contribution in [2.75, 3.05) is 5.32 Å². The zero-order chi connectivity index (χ0) is 15.4. The van der Waals surface area contributed by atoms with Gasteiger partial charge in [-0.05, 0) is 27.2 Å². The molecule has 2 heterocycles. The minimum absolute atomic E-state index is 0.195. The fourth-order valence-corrected chi connectivity index (χ4v) is 2.97. The Morgan fingerprint density at radius 2 is 2.14 bits per heavy atom. The highest BCUT2D eigenvalue weighted by molar-refractivity contribution is 7.15. The quantitative estimate of drug-likeness (QED) is 0.885. The molecule has 0 bridgehead atoms. The molecule has 2 rings (SSSR count). The molecule has 2 aromatic rings. The van der Waals surface area contributed by atoms with Crippen molar-refractivity contribution in [2.45, 2.75) is 46.6 Å². The molecule has 0 radical (unpaired) electrons. The fourth-order valence-electron chi connectivity index (χ4n) is 2.13. The number of urea groups is 1. The molecule has 0 unspecified atom stereocenters. The van der Waals surface area contributed by atoms with E-state index in [2.05, 4.69) is 32.9 Å². The van der Waals surface area contributed by atoms with Gasteiger partial charge in [-0.1, -0.05) is 23.4 Å². The lowest BCUT2D eigenvalue weighted by atomic mass is 10.1. The molecule has 0 saturated heterocycles. The molecule has 1 atom stereocenters. The van der Waals surface area contributed by atoms with Crippen molar-refractivity contribution >= 4 is 22.5 Å². The number of carbonyl (C=O) groups is 1. The first-order valence-corrected chi connectivity index (χ1v) is 7.65. The first-order chi connectivity index (χ1) is 10.0. The second-order valence-electron chi connectivity index (χ2n) is 4.81. The average Bonchev–Trinajstić information content (AvgIpc) is 2.97. The van der Waals surface area contributed by atoms with Crippen LogP contribution in [0, 0.1) is 13.8 Å². The molecule has 2 N–H and O–H groups in total. The van der Waals surface area contributed by atoms with Crippen LogP contribution < -0.4 is 10.6 Å². The summed E-state index contributed by atoms with van der Waals surface area (Å²) in [4.78, 5) is 12.0. The predicted octanol–water partition coefficient (Wildman–Crippen LogP) is 2.98. The standard InChI is InChI=1S/C13H19N5O2S/c1-5-6-10-16-17-13(21-10)15-12(19)14-7(2)11-8(3)18-20-9(11)4/h7H,5-6H2,1-4H3,(H2,14,15,17,19)/t7-/m1/s1. The molecular weight excluding hydrogens is 290 g/mol. The van der Waals surface area contributed by atoms with Gasteiger partial charge in [-0.15, -0.1) is 10.2 Å². The summed E-state index contributed by atoms with van der Waals surface area (Å²) in [7, 11) is 0. The highest BCUT2D eigenvalue weighted by atomic mass is 32.1. The summed E-state index contributed by atoms with van der Waals surface area (Å²) in [5.41, 5.74) is 1.68. The number of nitrogens with zero attached hydrogens (tertiary/aromatic N) is 3. The molecule has 0 aliphatic carbocycles. The van der Waals surface area contributed by atoms with Gasteiger partial charge in [0, 0.05) is 12.0 Å². The van der Waals surface area contributed by atoms with E-state index in [1.54, 1.807) is 0 Å². The minimum Gasteiger partial charge on any atom is -0.361 e. The molecule has 0 saturated carbocycles. The second kappa shape index (κ2) is 6.66. The van der Waals surface area contributed by atoms with Crippen molar-refractivity contribution in [3.63, 3.8) is 0 Å². The first-order valence-electron chi connectivity index (χ1n) is 6.84. The van der Waals surface area contributed by atoms with Gasteiger partial charge in [-0.3, -0.25) is 5.32 Å². The zero-order valence-electron chi connectivity index (χ0n) is 12.6. The number of rotatable bonds is 5. The van der Waals surface area contributed by atoms with Crippen LogP contribution in [0.4, 0.5) is 9.93 Å². The molecule has 114 valence electrons. The maximum absolute atomic E-state index is 12.0. The number of nitrogens with one attached hydrogen (secondary N) is 2. The van der Waals surface area contributed by atoms with Crippen LogP contribution in [0.1, 0.15) is 48.3 Å². The Balaban J connectivity index is 1.95. The predicted molar refractivity (Wildman–Crippen MR) is 80.5 cm³/mol. The van der Waals surface area contributed by atoms with Crippen LogP contribution in [0.25, 0.3) is 0 Å². The van der Waals surface area contributed by atoms with Crippen molar-refractivity contribution < 1.29 is 9.32 Å². The maximum Gasteiger partial charge on any atom is 0.321 e. The highest BCUT2D eigenvalue weighted by Crippen LogP contribution is 2.21. The molecule has 0 fully saturated rings. The summed E-state index contributed by atoms with van der Waals surface area (Å²) in [6, 6.07) is -0.513. The first kappa shape index (κ1) is 15.4. The van der Waals surface area contributed by atoms with Gasteiger partial charge in [-0.25, -0.2) is 4.79 Å². The van der Waals surface area contributed by atoms with Gasteiger partial charge in [0.25, 0.3) is 0 Å². The van der Waals surface area contributed by atoms with Crippen LogP contribution in [0.15, 0.2) is 4.52 Å². The SMILES string of the molecule is CCCc1nnc(NC(=O)N[C@H](C)c2c(C)noc2C)s1. The second-order valence-corrected chi connectivity index (χ2v) is 5.87. The van der Waals surface area contributed by atoms with Crippen molar-refractivity contribution in [2.24, 2.45) is 0 Å². The summed E-state index contributed by atoms with van der Waals surface area (Å²) < 4.78 is 5.10. The van der Waals surface area contributed by atoms with E-state index in [1.807, 2.05) is 20.8 Å². The lowest BCUT2D eigenvalue weighted by molar-refractivity contribution is 0.249. The lowest BCUT2D eigenvalue weighted by Crippen LogP contribution is -2.31. The molecule has 0 aliphatic heterocycles. The Bertz CT molecular complexity index is 602. The van der Waals surface area contributed by atoms with Crippen LogP contribution in [0.2, 0.25) is 0 Å². The van der Waals surface area contributed by atoms with E-state index >= 15 is 0 Å². The van der Waals surface area contributed by atoms with Gasteiger partial charge in [0.2, 0.25) is 5.13 Å². The van der Waals surface area contributed by atoms with E-state index in [1.165, 1.54) is 11.3 Å². The van der Waals surface area contributed by atoms with Crippen molar-refractivity contribution in [1.82, 2.24) is 20.7 Å². The minimum atomic E-state index is -0.318. The van der Waals surface area contributed by atoms with E-state index in [4.69, 9.17) is 4.52 Å². The molecule has 8 heteroatoms. The summed E-state index contributed by atoms with van der Waals surface area (Å²) >= 11 is 1.39. The number of anilines is 1. The van der Waals surface area contributed by atoms with Crippen LogP contribution in [0.5, 0.6) is 0 Å². The van der Waals surface area contributed by atoms with E-state index in [0.29, 0.717) is 10.9 Å². The van der Waals surface area contributed by atoms with Crippen LogP contribution in [-0.4, -0.2) is 21.4 Å². The Hall–Kier alpha value is -1.96. The third-order valence-electron chi connectivity index (χ3n) is 3.02. The number of carbonyl (C=O) groups excluding carboxylic acids is 1. The molecular formula is C13H19N5O2S. The Morgan fingerprint density at radius 3 is 2.76 bits per heavy atom. The van der Waals surface area contributed by atoms with Crippen molar-refractivity contribution in [3.8, 4) is 0 Å². The summed E-state index contributed by atoms with van der Waals surface area (Å²) in [6.45, 7) is 7.64. The van der Waals surface area contributed by atoms with Crippen molar-refractivity contribution in [1.29, 1.82) is 0 Å². The maximum atomic E-state index is 12.0. The number of aryl methyl sites for hydroxylation is 3. The molecule has 7 nitrogen and oxygen atoms in total. The van der Waals surface area contributed by atoms with Gasteiger partial charge in [0.15, 0.2) is 0 Å². The van der Waals surface area contributed by atoms with E-state index < -0.39 is 0 Å². The lowest BCUT2D eigenvalue weighted by Gasteiger charge is -2.13. The van der Waals surface area contributed by atoms with Crippen molar-refractivity contribution in [3.05, 3.63) is 22.0 Å². The topological polar surface area (TPSA) is 92.9 Å². The molecule has 2 amide bonds. The molecule has 0 spiro atoms. The Labute approximate surface area is 127 Å². The number of hydrogen-bond donors (Lipinski definition) is 2. The van der Waals surface area contributed by atoms with Gasteiger partial charge in [0.05, 0.1) is 11.7 Å². The molecule has 21 heavy (non-hydrogen) atoms. The average molecular weight is 309 g/mol. The van der Waals surface area contributed by atoms with Crippen LogP contribution >= 0.6 is 11.3 Å². The Morgan fingerprint density at radius 1 is 1.38 bits per heavy atom. The smallest absolute Gasteiger partial charge is 0.321 e. The van der Waals surface area contributed by atoms with Crippen LogP contribution in [-0.2, 0) is 6.42 Å². The summed E-state index contributed by atoms with van der Waals surface area (Å²) in [6.07, 6.45) is 1.88. The largest absolute Gasteiger partial charge is 0.361 e. The third-order valence-corrected chi connectivity index (χ3v) is 3.92. The van der Waals surface area contributed by atoms with Gasteiger partial charge in [-0.2, -0.15) is 0 Å². The summed E-state index contributed by atoms with van der Waals surface area (Å²) in [5, 5.41) is 18.8. The van der Waals surface area contributed by atoms with Crippen LogP contribution in [0.3, 0.4) is 0 Å². The van der Waals surface area contributed by atoms with E-state index in [-0.39, 0.29) is 12.1 Å². The number of amides is 2. The van der Waals surface area contributed by atoms with E-state index in [0.717, 1.165) is 29.1 Å². The Kier molecular flexibility index (Phi) is 4.89. The number of hydrogen-bond acceptors (Lipinski definition) is 6. The fraction of sp³-hybridized carbons (Fsp3) is 0.538. The van der Waals surface area contributed by atoms with Gasteiger partial charge in [0.1, 0.15) is 10.8 Å². The summed E-state index contributed by atoms with van der Waals surface area (Å²) in [5.74, 6) is 0.710. The highest BCUT2D eigenvalue weighted by Gasteiger charge is 2.18. The monoisotopic (exact) mass is 309 g/mol. The molecule has 0 aromatic carbocycles. The van der Waals surface area contributed by atoms with Gasteiger partial charge >= 0.3 is 6.03 Å². The third kappa shape index (κ3) is 3.78. The molecule has 2 aromatic heterocycles. The number of aromatic nitrogens is 3. The normalized spacial score (nSPS) is 12.2. The molecule has 0 aliphatic rings. The van der Waals surface area contributed by atoms with Gasteiger partial charge < -0.3 is 9.84 Å². The zero-order valence-corrected chi connectivity index (χ0v) is 13.4. The van der Waals surface area contributed by atoms with E-state index in [9.17, 15) is 4.79 Å².